The second kappa shape index (κ2) is 8.94. The largest absolute Gasteiger partial charge is 0.331 e. The Labute approximate surface area is 213 Å². The highest BCUT2D eigenvalue weighted by atomic mass is 79.9. The van der Waals surface area contributed by atoms with E-state index in [1.54, 1.807) is 15.3 Å². The number of halogens is 1. The fourth-order valence-corrected chi connectivity index (χ4v) is 4.79. The van der Waals surface area contributed by atoms with Gasteiger partial charge in [-0.25, -0.2) is 9.78 Å². The van der Waals surface area contributed by atoms with Gasteiger partial charge in [0.2, 0.25) is 0 Å². The fourth-order valence-electron chi connectivity index (χ4n) is 4.39. The first kappa shape index (κ1) is 22.0. The van der Waals surface area contributed by atoms with Crippen LogP contribution < -0.4 is 11.2 Å². The second-order valence-corrected chi connectivity index (χ2v) is 9.21. The van der Waals surface area contributed by atoms with E-state index in [0.717, 1.165) is 15.6 Å². The van der Waals surface area contributed by atoms with Crippen molar-refractivity contribution in [2.45, 2.75) is 0 Å². The molecule has 174 valence electrons. The van der Waals surface area contributed by atoms with Gasteiger partial charge in [-0.2, -0.15) is 0 Å². The van der Waals surface area contributed by atoms with Crippen LogP contribution in [0.1, 0.15) is 5.56 Å². The lowest BCUT2D eigenvalue weighted by Gasteiger charge is -2.14. The number of aromatic amines is 1. The van der Waals surface area contributed by atoms with Gasteiger partial charge >= 0.3 is 5.69 Å². The van der Waals surface area contributed by atoms with Crippen LogP contribution in [0.5, 0.6) is 0 Å². The summed E-state index contributed by atoms with van der Waals surface area (Å²) < 4.78 is 4.03. The lowest BCUT2D eigenvalue weighted by molar-refractivity contribution is 1.02. The van der Waals surface area contributed by atoms with Gasteiger partial charge in [-0.3, -0.25) is 13.9 Å². The van der Waals surface area contributed by atoms with Crippen molar-refractivity contribution >= 4 is 49.9 Å². The van der Waals surface area contributed by atoms with Crippen LogP contribution in [0.3, 0.4) is 0 Å². The van der Waals surface area contributed by atoms with E-state index in [-0.39, 0.29) is 11.2 Å². The smallest absolute Gasteiger partial charge is 0.305 e. The van der Waals surface area contributed by atoms with Crippen LogP contribution in [0.15, 0.2) is 117 Å². The molecule has 7 heteroatoms. The Morgan fingerprint density at radius 3 is 2.33 bits per heavy atom. The summed E-state index contributed by atoms with van der Waals surface area (Å²) in [5.41, 5.74) is 4.56. The molecule has 6 aromatic rings. The van der Waals surface area contributed by atoms with E-state index in [2.05, 4.69) is 20.9 Å². The zero-order chi connectivity index (χ0) is 24.6. The number of hydrogen-bond acceptors (Lipinski definition) is 3. The normalized spacial score (nSPS) is 11.9. The molecule has 0 aliphatic rings. The summed E-state index contributed by atoms with van der Waals surface area (Å²) >= 11 is 3.49. The molecule has 0 atom stereocenters. The maximum absolute atomic E-state index is 13.9. The molecule has 0 amide bonds. The molecular formula is C29H19BrN4O2. The molecule has 0 fully saturated rings. The van der Waals surface area contributed by atoms with Gasteiger partial charge in [-0.05, 0) is 36.4 Å². The molecule has 0 aliphatic heterocycles. The molecule has 36 heavy (non-hydrogen) atoms. The number of aromatic nitrogens is 4. The topological polar surface area (TPSA) is 72.7 Å². The van der Waals surface area contributed by atoms with Gasteiger partial charge in [-0.1, -0.05) is 82.7 Å². The third-order valence-electron chi connectivity index (χ3n) is 6.04. The zero-order valence-corrected chi connectivity index (χ0v) is 20.5. The van der Waals surface area contributed by atoms with Crippen LogP contribution in [-0.2, 0) is 0 Å². The number of fused-ring (bicyclic) bond motifs is 2. The van der Waals surface area contributed by atoms with Crippen molar-refractivity contribution in [1.82, 2.24) is 19.1 Å². The minimum absolute atomic E-state index is 0.284. The number of hydrogen-bond donors (Lipinski definition) is 1. The van der Waals surface area contributed by atoms with Crippen LogP contribution >= 0.6 is 15.9 Å². The SMILES string of the molecule is O=c1c(-c2cccc(Br)c2)nc2ccccc2n1/C=C(/c1ccccc1)n1c(=O)[nH]c2ccccc21. The molecule has 0 saturated carbocycles. The number of H-pyrrole nitrogens is 1. The number of para-hydroxylation sites is 4. The van der Waals surface area contributed by atoms with Gasteiger partial charge in [0.25, 0.3) is 5.56 Å². The molecule has 0 aliphatic carbocycles. The lowest BCUT2D eigenvalue weighted by atomic mass is 10.1. The predicted octanol–water partition coefficient (Wildman–Crippen LogP) is 5.97. The highest BCUT2D eigenvalue weighted by Gasteiger charge is 2.16. The second-order valence-electron chi connectivity index (χ2n) is 8.30. The van der Waals surface area contributed by atoms with Crippen molar-refractivity contribution in [2.75, 3.05) is 0 Å². The van der Waals surface area contributed by atoms with Crippen molar-refractivity contribution in [2.24, 2.45) is 0 Å². The molecule has 6 nitrogen and oxygen atoms in total. The van der Waals surface area contributed by atoms with Gasteiger partial charge < -0.3 is 4.98 Å². The van der Waals surface area contributed by atoms with E-state index in [1.807, 2.05) is 103 Å². The standard InChI is InChI=1S/C29H19BrN4O2/c30-21-12-8-11-20(17-21)27-28(35)33(24-15-6-4-13-22(24)31-27)18-26(19-9-2-1-3-10-19)34-25-16-7-5-14-23(25)32-29(34)36/h1-18H,(H,32,36)/b26-18-. The number of imidazole rings is 1. The highest BCUT2D eigenvalue weighted by Crippen LogP contribution is 2.25. The van der Waals surface area contributed by atoms with Crippen LogP contribution in [0, 0.1) is 0 Å². The van der Waals surface area contributed by atoms with Crippen molar-refractivity contribution in [3.8, 4) is 11.3 Å². The lowest BCUT2D eigenvalue weighted by Crippen LogP contribution is -2.22. The quantitative estimate of drug-likeness (QED) is 0.302. The monoisotopic (exact) mass is 534 g/mol. The van der Waals surface area contributed by atoms with E-state index >= 15 is 0 Å². The molecule has 0 unspecified atom stereocenters. The Hall–Kier alpha value is -4.49. The van der Waals surface area contributed by atoms with Crippen molar-refractivity contribution in [3.05, 3.63) is 134 Å². The van der Waals surface area contributed by atoms with Gasteiger partial charge in [0.15, 0.2) is 0 Å². The highest BCUT2D eigenvalue weighted by molar-refractivity contribution is 9.10. The van der Waals surface area contributed by atoms with Crippen LogP contribution in [0.25, 0.3) is 45.2 Å². The summed E-state index contributed by atoms with van der Waals surface area (Å²) in [4.78, 5) is 34.7. The summed E-state index contributed by atoms with van der Waals surface area (Å²) in [5.74, 6) is 0. The molecule has 1 N–H and O–H groups in total. The van der Waals surface area contributed by atoms with Crippen molar-refractivity contribution in [3.63, 3.8) is 0 Å². The van der Waals surface area contributed by atoms with Crippen LogP contribution in [0.2, 0.25) is 0 Å². The number of nitrogens with zero attached hydrogens (tertiary/aromatic N) is 3. The van der Waals surface area contributed by atoms with E-state index in [1.165, 1.54) is 0 Å². The number of nitrogens with one attached hydrogen (secondary N) is 1. The summed E-state index contributed by atoms with van der Waals surface area (Å²) in [5, 5.41) is 0. The maximum atomic E-state index is 13.9. The number of benzene rings is 4. The maximum Gasteiger partial charge on any atom is 0.331 e. The summed E-state index contributed by atoms with van der Waals surface area (Å²) in [6.07, 6.45) is 1.73. The molecule has 4 aromatic carbocycles. The summed E-state index contributed by atoms with van der Waals surface area (Å²) in [6.45, 7) is 0. The molecular weight excluding hydrogens is 516 g/mol. The Bertz CT molecular complexity index is 1900. The Morgan fingerprint density at radius 1 is 0.806 bits per heavy atom. The van der Waals surface area contributed by atoms with Crippen LogP contribution in [0.4, 0.5) is 0 Å². The van der Waals surface area contributed by atoms with Crippen LogP contribution in [-0.4, -0.2) is 19.1 Å². The van der Waals surface area contributed by atoms with E-state index in [4.69, 9.17) is 4.98 Å². The minimum Gasteiger partial charge on any atom is -0.305 e. The third kappa shape index (κ3) is 3.79. The predicted molar refractivity (Wildman–Crippen MR) is 148 cm³/mol. The van der Waals surface area contributed by atoms with E-state index < -0.39 is 0 Å². The molecule has 0 spiro atoms. The summed E-state index contributed by atoms with van der Waals surface area (Å²) in [7, 11) is 0. The first-order valence-corrected chi connectivity index (χ1v) is 12.1. The molecule has 2 heterocycles. The number of rotatable bonds is 4. The fraction of sp³-hybridized carbons (Fsp3) is 0. The summed E-state index contributed by atoms with van der Waals surface area (Å²) in [6, 6.07) is 32.1. The van der Waals surface area contributed by atoms with Gasteiger partial charge in [-0.15, -0.1) is 0 Å². The molecule has 0 radical (unpaired) electrons. The van der Waals surface area contributed by atoms with Crippen molar-refractivity contribution < 1.29 is 0 Å². The van der Waals surface area contributed by atoms with Crippen molar-refractivity contribution in [1.29, 1.82) is 0 Å². The minimum atomic E-state index is -0.287. The average Bonchev–Trinajstić information content (AvgIpc) is 3.24. The first-order chi connectivity index (χ1) is 17.6. The van der Waals surface area contributed by atoms with E-state index in [0.29, 0.717) is 33.5 Å². The van der Waals surface area contributed by atoms with Gasteiger partial charge in [0.1, 0.15) is 5.69 Å². The average molecular weight is 535 g/mol. The zero-order valence-electron chi connectivity index (χ0n) is 18.9. The molecule has 0 saturated heterocycles. The Kier molecular flexibility index (Phi) is 5.47. The molecule has 2 aromatic heterocycles. The first-order valence-electron chi connectivity index (χ1n) is 11.3. The molecule has 6 rings (SSSR count). The Balaban J connectivity index is 1.72. The van der Waals surface area contributed by atoms with Gasteiger partial charge in [0.05, 0.1) is 27.8 Å². The van der Waals surface area contributed by atoms with E-state index in [9.17, 15) is 9.59 Å². The third-order valence-corrected chi connectivity index (χ3v) is 6.54. The molecule has 0 bridgehead atoms. The Morgan fingerprint density at radius 2 is 1.53 bits per heavy atom. The van der Waals surface area contributed by atoms with Gasteiger partial charge in [0, 0.05) is 21.8 Å².